The third kappa shape index (κ3) is 3.27. The number of hydrogen-bond acceptors (Lipinski definition) is 2. The van der Waals surface area contributed by atoms with Crippen molar-refractivity contribution in [3.8, 4) is 0 Å². The molecule has 3 rings (SSSR count). The number of carbonyl (C=O) groups is 1. The molecule has 0 aliphatic carbocycles. The molecule has 0 aliphatic heterocycles. The summed E-state index contributed by atoms with van der Waals surface area (Å²) in [6.45, 7) is 0.427. The van der Waals surface area contributed by atoms with Gasteiger partial charge < -0.3 is 15.0 Å². The van der Waals surface area contributed by atoms with Crippen molar-refractivity contribution in [1.29, 1.82) is 0 Å². The molecule has 0 radical (unpaired) electrons. The average molecular weight is 308 g/mol. The van der Waals surface area contributed by atoms with Gasteiger partial charge in [-0.2, -0.15) is 0 Å². The molecule has 4 nitrogen and oxygen atoms in total. The second-order valence-electron chi connectivity index (χ2n) is 5.62. The zero-order valence-electron chi connectivity index (χ0n) is 13.1. The van der Waals surface area contributed by atoms with E-state index in [9.17, 15) is 9.90 Å². The molecule has 2 aromatic carbocycles. The number of aliphatic hydroxyl groups is 1. The van der Waals surface area contributed by atoms with E-state index in [-0.39, 0.29) is 5.91 Å². The van der Waals surface area contributed by atoms with Crippen molar-refractivity contribution in [2.24, 2.45) is 7.05 Å². The highest BCUT2D eigenvalue weighted by Crippen LogP contribution is 2.18. The monoisotopic (exact) mass is 308 g/mol. The first-order valence-electron chi connectivity index (χ1n) is 7.72. The van der Waals surface area contributed by atoms with Crippen LogP contribution in [0.4, 0.5) is 0 Å². The summed E-state index contributed by atoms with van der Waals surface area (Å²) in [5.74, 6) is -0.121. The van der Waals surface area contributed by atoms with Crippen LogP contribution in [0.5, 0.6) is 0 Å². The SMILES string of the molecule is Cn1c(C(=O)NCCC(O)c2ccccc2)cc2ccccc21. The minimum absolute atomic E-state index is 0.121. The Kier molecular flexibility index (Phi) is 4.44. The first-order valence-corrected chi connectivity index (χ1v) is 7.72. The van der Waals surface area contributed by atoms with Crippen molar-refractivity contribution in [3.63, 3.8) is 0 Å². The van der Waals surface area contributed by atoms with Crippen molar-refractivity contribution in [3.05, 3.63) is 71.9 Å². The maximum Gasteiger partial charge on any atom is 0.267 e. The van der Waals surface area contributed by atoms with Crippen molar-refractivity contribution in [2.75, 3.05) is 6.54 Å². The van der Waals surface area contributed by atoms with Crippen LogP contribution in [0.1, 0.15) is 28.6 Å². The van der Waals surface area contributed by atoms with Gasteiger partial charge in [-0.15, -0.1) is 0 Å². The van der Waals surface area contributed by atoms with E-state index in [1.807, 2.05) is 72.3 Å². The summed E-state index contributed by atoms with van der Waals surface area (Å²) in [6.07, 6.45) is -0.0799. The highest BCUT2D eigenvalue weighted by molar-refractivity contribution is 5.98. The molecule has 0 saturated carbocycles. The van der Waals surface area contributed by atoms with Crippen LogP contribution in [0.3, 0.4) is 0 Å². The maximum atomic E-state index is 12.3. The zero-order valence-corrected chi connectivity index (χ0v) is 13.1. The number of fused-ring (bicyclic) bond motifs is 1. The molecular weight excluding hydrogens is 288 g/mol. The fourth-order valence-electron chi connectivity index (χ4n) is 2.76. The van der Waals surface area contributed by atoms with Crippen LogP contribution < -0.4 is 5.32 Å². The zero-order chi connectivity index (χ0) is 16.2. The number of carbonyl (C=O) groups excluding carboxylic acids is 1. The van der Waals surface area contributed by atoms with Crippen LogP contribution in [-0.4, -0.2) is 22.1 Å². The maximum absolute atomic E-state index is 12.3. The molecule has 1 atom stereocenters. The number of benzene rings is 2. The minimum Gasteiger partial charge on any atom is -0.388 e. The van der Waals surface area contributed by atoms with Gasteiger partial charge in [-0.3, -0.25) is 4.79 Å². The van der Waals surface area contributed by atoms with Crippen LogP contribution in [-0.2, 0) is 7.05 Å². The topological polar surface area (TPSA) is 54.3 Å². The first kappa shape index (κ1) is 15.3. The molecule has 23 heavy (non-hydrogen) atoms. The largest absolute Gasteiger partial charge is 0.388 e. The van der Waals surface area contributed by atoms with E-state index < -0.39 is 6.10 Å². The molecule has 3 aromatic rings. The van der Waals surface area contributed by atoms with E-state index in [1.165, 1.54) is 0 Å². The Hall–Kier alpha value is -2.59. The van der Waals surface area contributed by atoms with Gasteiger partial charge in [0.15, 0.2) is 0 Å². The quantitative estimate of drug-likeness (QED) is 0.761. The van der Waals surface area contributed by atoms with Crippen LogP contribution in [0, 0.1) is 0 Å². The molecule has 0 spiro atoms. The van der Waals surface area contributed by atoms with Crippen molar-refractivity contribution >= 4 is 16.8 Å². The number of nitrogens with zero attached hydrogens (tertiary/aromatic N) is 1. The van der Waals surface area contributed by atoms with Gasteiger partial charge in [0.2, 0.25) is 0 Å². The second-order valence-corrected chi connectivity index (χ2v) is 5.62. The molecule has 1 aromatic heterocycles. The number of rotatable bonds is 5. The lowest BCUT2D eigenvalue weighted by Crippen LogP contribution is -2.27. The molecule has 0 bridgehead atoms. The number of hydrogen-bond donors (Lipinski definition) is 2. The number of para-hydroxylation sites is 1. The van der Waals surface area contributed by atoms with Gasteiger partial charge in [-0.1, -0.05) is 48.5 Å². The van der Waals surface area contributed by atoms with E-state index in [0.717, 1.165) is 16.5 Å². The summed E-state index contributed by atoms with van der Waals surface area (Å²) < 4.78 is 1.89. The number of nitrogens with one attached hydrogen (secondary N) is 1. The Morgan fingerprint density at radius 2 is 1.83 bits per heavy atom. The molecular formula is C19H20N2O2. The van der Waals surface area contributed by atoms with Gasteiger partial charge in [0, 0.05) is 24.5 Å². The number of amides is 1. The molecule has 1 unspecified atom stereocenters. The van der Waals surface area contributed by atoms with E-state index in [4.69, 9.17) is 0 Å². The highest BCUT2D eigenvalue weighted by atomic mass is 16.3. The Balaban J connectivity index is 1.62. The predicted octanol–water partition coefficient (Wildman–Crippen LogP) is 3.03. The van der Waals surface area contributed by atoms with Crippen molar-refractivity contribution in [2.45, 2.75) is 12.5 Å². The Morgan fingerprint density at radius 3 is 2.57 bits per heavy atom. The molecule has 1 heterocycles. The minimum atomic E-state index is -0.566. The lowest BCUT2D eigenvalue weighted by molar-refractivity contribution is 0.0935. The molecule has 0 saturated heterocycles. The van der Waals surface area contributed by atoms with Crippen molar-refractivity contribution in [1.82, 2.24) is 9.88 Å². The van der Waals surface area contributed by atoms with Gasteiger partial charge in [0.25, 0.3) is 5.91 Å². The van der Waals surface area contributed by atoms with Gasteiger partial charge in [-0.05, 0) is 24.1 Å². The standard InChI is InChI=1S/C19H20N2O2/c1-21-16-10-6-5-9-15(16)13-17(21)19(23)20-12-11-18(22)14-7-3-2-4-8-14/h2-10,13,18,22H,11-12H2,1H3,(H,20,23). The Morgan fingerprint density at radius 1 is 1.13 bits per heavy atom. The second kappa shape index (κ2) is 6.67. The van der Waals surface area contributed by atoms with Crippen LogP contribution in [0.2, 0.25) is 0 Å². The van der Waals surface area contributed by atoms with Crippen LogP contribution in [0.15, 0.2) is 60.7 Å². The number of aryl methyl sites for hydroxylation is 1. The molecule has 118 valence electrons. The summed E-state index contributed by atoms with van der Waals surface area (Å²) >= 11 is 0. The van der Waals surface area contributed by atoms with Gasteiger partial charge in [0.05, 0.1) is 6.10 Å². The molecule has 1 amide bonds. The summed E-state index contributed by atoms with van der Waals surface area (Å²) in [5.41, 5.74) is 2.52. The third-order valence-electron chi connectivity index (χ3n) is 4.07. The fraction of sp³-hybridized carbons (Fsp3) is 0.211. The summed E-state index contributed by atoms with van der Waals surface area (Å²) in [6, 6.07) is 19.3. The molecule has 0 aliphatic rings. The summed E-state index contributed by atoms with van der Waals surface area (Å²) in [5, 5.41) is 14.0. The molecule has 0 fully saturated rings. The normalized spacial score (nSPS) is 12.3. The van der Waals surface area contributed by atoms with Gasteiger partial charge in [-0.25, -0.2) is 0 Å². The molecule has 2 N–H and O–H groups in total. The average Bonchev–Trinajstić information content (AvgIpc) is 2.93. The number of aromatic nitrogens is 1. The summed E-state index contributed by atoms with van der Waals surface area (Å²) in [4.78, 5) is 12.3. The highest BCUT2D eigenvalue weighted by Gasteiger charge is 2.13. The number of aliphatic hydroxyl groups excluding tert-OH is 1. The van der Waals surface area contributed by atoms with E-state index >= 15 is 0 Å². The van der Waals surface area contributed by atoms with E-state index in [2.05, 4.69) is 5.32 Å². The van der Waals surface area contributed by atoms with Crippen molar-refractivity contribution < 1.29 is 9.90 Å². The third-order valence-corrected chi connectivity index (χ3v) is 4.07. The van der Waals surface area contributed by atoms with E-state index in [0.29, 0.717) is 18.7 Å². The lowest BCUT2D eigenvalue weighted by Gasteiger charge is -2.12. The van der Waals surface area contributed by atoms with Gasteiger partial charge >= 0.3 is 0 Å². The Labute approximate surface area is 135 Å². The molecule has 4 heteroatoms. The first-order chi connectivity index (χ1) is 11.2. The fourth-order valence-corrected chi connectivity index (χ4v) is 2.76. The summed E-state index contributed by atoms with van der Waals surface area (Å²) in [7, 11) is 1.88. The smallest absolute Gasteiger partial charge is 0.267 e. The van der Waals surface area contributed by atoms with Gasteiger partial charge in [0.1, 0.15) is 5.69 Å². The predicted molar refractivity (Wildman–Crippen MR) is 91.3 cm³/mol. The van der Waals surface area contributed by atoms with Crippen LogP contribution in [0.25, 0.3) is 10.9 Å². The lowest BCUT2D eigenvalue weighted by atomic mass is 10.1. The Bertz CT molecular complexity index is 809. The van der Waals surface area contributed by atoms with Crippen LogP contribution >= 0.6 is 0 Å². The van der Waals surface area contributed by atoms with E-state index in [1.54, 1.807) is 0 Å².